The van der Waals surface area contributed by atoms with Gasteiger partial charge in [0, 0.05) is 0 Å². The molecule has 0 aromatic rings. The Labute approximate surface area is 102 Å². The molecule has 0 heteroatoms. The minimum atomic E-state index is 0.868. The molecule has 0 unspecified atom stereocenters. The molecule has 0 fully saturated rings. The zero-order valence-corrected chi connectivity index (χ0v) is 11.7. The average Bonchev–Trinajstić information content (AvgIpc) is 2.49. The molecule has 92 valence electrons. The molecule has 2 rings (SSSR count). The second kappa shape index (κ2) is 9.45. The predicted octanol–water partition coefficient (Wildman–Crippen LogP) is 5.67. The van der Waals surface area contributed by atoms with Gasteiger partial charge in [-0.25, -0.2) is 0 Å². The van der Waals surface area contributed by atoms with Crippen molar-refractivity contribution in [3.63, 3.8) is 0 Å². The van der Waals surface area contributed by atoms with E-state index >= 15 is 0 Å². The number of allylic oxidation sites excluding steroid dienone is 6. The Bertz CT molecular complexity index is 229. The van der Waals surface area contributed by atoms with Crippen molar-refractivity contribution in [3.05, 3.63) is 35.5 Å². The quantitative estimate of drug-likeness (QED) is 0.493. The summed E-state index contributed by atoms with van der Waals surface area (Å²) in [5, 5.41) is 0. The average molecular weight is 220 g/mol. The molecule has 0 bridgehead atoms. The molecular formula is C16H28. The zero-order chi connectivity index (χ0) is 12.4. The first-order valence-corrected chi connectivity index (χ1v) is 6.83. The van der Waals surface area contributed by atoms with Gasteiger partial charge in [0.2, 0.25) is 0 Å². The summed E-state index contributed by atoms with van der Waals surface area (Å²) in [5.41, 5.74) is 3.15. The minimum Gasteiger partial charge on any atom is -0.0805 e. The minimum absolute atomic E-state index is 0.868. The lowest BCUT2D eigenvalue weighted by Crippen LogP contribution is -1.84. The highest BCUT2D eigenvalue weighted by molar-refractivity contribution is 5.39. The van der Waals surface area contributed by atoms with Crippen molar-refractivity contribution >= 4 is 0 Å². The van der Waals surface area contributed by atoms with Gasteiger partial charge in [-0.05, 0) is 36.3 Å². The van der Waals surface area contributed by atoms with E-state index in [0.29, 0.717) is 0 Å². The van der Waals surface area contributed by atoms with Gasteiger partial charge < -0.3 is 0 Å². The van der Waals surface area contributed by atoms with Crippen molar-refractivity contribution in [2.75, 3.05) is 0 Å². The van der Waals surface area contributed by atoms with Crippen molar-refractivity contribution in [2.24, 2.45) is 5.92 Å². The van der Waals surface area contributed by atoms with E-state index in [4.69, 9.17) is 0 Å². The van der Waals surface area contributed by atoms with Crippen LogP contribution in [0.5, 0.6) is 0 Å². The van der Waals surface area contributed by atoms with Crippen LogP contribution in [0.2, 0.25) is 0 Å². The third-order valence-electron chi connectivity index (χ3n) is 2.46. The Morgan fingerprint density at radius 3 is 1.75 bits per heavy atom. The summed E-state index contributed by atoms with van der Waals surface area (Å²) in [4.78, 5) is 0. The van der Waals surface area contributed by atoms with Gasteiger partial charge in [0.15, 0.2) is 0 Å². The molecule has 0 saturated carbocycles. The van der Waals surface area contributed by atoms with Gasteiger partial charge in [-0.2, -0.15) is 0 Å². The largest absolute Gasteiger partial charge is 0.0805 e. The zero-order valence-electron chi connectivity index (χ0n) is 11.7. The third-order valence-corrected chi connectivity index (χ3v) is 2.46. The summed E-state index contributed by atoms with van der Waals surface area (Å²) in [5.74, 6) is 0.868. The number of rotatable bonds is 0. The Morgan fingerprint density at radius 2 is 1.38 bits per heavy atom. The summed E-state index contributed by atoms with van der Waals surface area (Å²) >= 11 is 0. The Morgan fingerprint density at radius 1 is 1.00 bits per heavy atom. The molecule has 2 aliphatic rings. The lowest BCUT2D eigenvalue weighted by Gasteiger charge is -1.97. The van der Waals surface area contributed by atoms with Gasteiger partial charge in [0.05, 0.1) is 0 Å². The van der Waals surface area contributed by atoms with Gasteiger partial charge in [-0.15, -0.1) is 0 Å². The fourth-order valence-electron chi connectivity index (χ4n) is 1.93. The Balaban J connectivity index is 0.000000394. The van der Waals surface area contributed by atoms with Gasteiger partial charge in [-0.3, -0.25) is 0 Å². The van der Waals surface area contributed by atoms with Crippen LogP contribution in [0, 0.1) is 5.92 Å². The summed E-state index contributed by atoms with van der Waals surface area (Å²) in [6.07, 6.45) is 14.1. The van der Waals surface area contributed by atoms with Crippen molar-refractivity contribution in [2.45, 2.75) is 60.3 Å². The van der Waals surface area contributed by atoms with E-state index in [1.165, 1.54) is 19.3 Å². The van der Waals surface area contributed by atoms with Crippen molar-refractivity contribution < 1.29 is 0 Å². The van der Waals surface area contributed by atoms with E-state index in [9.17, 15) is 0 Å². The molecule has 0 atom stereocenters. The van der Waals surface area contributed by atoms with E-state index in [2.05, 4.69) is 45.1 Å². The van der Waals surface area contributed by atoms with Crippen LogP contribution in [0.4, 0.5) is 0 Å². The molecular weight excluding hydrogens is 192 g/mol. The van der Waals surface area contributed by atoms with Crippen LogP contribution in [0.1, 0.15) is 60.3 Å². The molecule has 16 heavy (non-hydrogen) atoms. The highest BCUT2D eigenvalue weighted by Gasteiger charge is 2.17. The molecule has 0 spiro atoms. The monoisotopic (exact) mass is 220 g/mol. The first kappa shape index (κ1) is 15.2. The normalized spacial score (nSPS) is 18.1. The van der Waals surface area contributed by atoms with E-state index in [0.717, 1.165) is 12.3 Å². The molecule has 0 aliphatic heterocycles. The van der Waals surface area contributed by atoms with Crippen LogP contribution in [0.25, 0.3) is 0 Å². The van der Waals surface area contributed by atoms with Crippen LogP contribution in [0.3, 0.4) is 0 Å². The fourth-order valence-corrected chi connectivity index (χ4v) is 1.93. The highest BCUT2D eigenvalue weighted by atomic mass is 14.2. The molecule has 0 saturated heterocycles. The lowest BCUT2D eigenvalue weighted by atomic mass is 10.1. The molecule has 0 radical (unpaired) electrons. The maximum Gasteiger partial charge on any atom is -0.0163 e. The molecule has 0 amide bonds. The standard InChI is InChI=1S/C11H14.C3H8.C2H6/c1-9-7-10-5-3-2-4-6-11(10)8-9;1-3-2;1-2/h3-6,9H,2,7-8H2,1H3;3H2,1-2H3;1-2H3. The lowest BCUT2D eigenvalue weighted by molar-refractivity contribution is 0.626. The first-order valence-electron chi connectivity index (χ1n) is 6.83. The van der Waals surface area contributed by atoms with E-state index in [1.807, 2.05) is 13.8 Å². The summed E-state index contributed by atoms with van der Waals surface area (Å²) < 4.78 is 0. The van der Waals surface area contributed by atoms with Crippen LogP contribution < -0.4 is 0 Å². The van der Waals surface area contributed by atoms with Gasteiger partial charge >= 0.3 is 0 Å². The summed E-state index contributed by atoms with van der Waals surface area (Å²) in [7, 11) is 0. The van der Waals surface area contributed by atoms with E-state index < -0.39 is 0 Å². The molecule has 0 aromatic heterocycles. The van der Waals surface area contributed by atoms with Crippen LogP contribution in [-0.4, -0.2) is 0 Å². The van der Waals surface area contributed by atoms with Gasteiger partial charge in [-0.1, -0.05) is 65.3 Å². The van der Waals surface area contributed by atoms with E-state index in [-0.39, 0.29) is 0 Å². The summed E-state index contributed by atoms with van der Waals surface area (Å²) in [6.45, 7) is 10.6. The van der Waals surface area contributed by atoms with Crippen LogP contribution >= 0.6 is 0 Å². The molecule has 0 N–H and O–H groups in total. The fraction of sp³-hybridized carbons (Fsp3) is 0.625. The number of hydrogen-bond donors (Lipinski definition) is 0. The third kappa shape index (κ3) is 5.34. The molecule has 0 nitrogen and oxygen atoms in total. The topological polar surface area (TPSA) is 0 Å². The Hall–Kier alpha value is -0.780. The van der Waals surface area contributed by atoms with Crippen molar-refractivity contribution in [1.29, 1.82) is 0 Å². The Kier molecular flexibility index (Phi) is 8.99. The first-order chi connectivity index (χ1) is 7.77. The molecule has 0 aromatic carbocycles. The number of hydrogen-bond acceptors (Lipinski definition) is 0. The van der Waals surface area contributed by atoms with E-state index in [1.54, 1.807) is 11.1 Å². The second-order valence-electron chi connectivity index (χ2n) is 4.31. The predicted molar refractivity (Wildman–Crippen MR) is 75.6 cm³/mol. The van der Waals surface area contributed by atoms with Crippen LogP contribution in [-0.2, 0) is 0 Å². The van der Waals surface area contributed by atoms with Crippen molar-refractivity contribution in [1.82, 2.24) is 0 Å². The smallest absolute Gasteiger partial charge is 0.0163 e. The maximum absolute atomic E-state index is 2.33. The summed E-state index contributed by atoms with van der Waals surface area (Å²) in [6, 6.07) is 0. The van der Waals surface area contributed by atoms with Crippen LogP contribution in [0.15, 0.2) is 35.5 Å². The second-order valence-corrected chi connectivity index (χ2v) is 4.31. The SMILES string of the molecule is CC.CC1CC2=C(C=CCC=C2)C1.CCC. The highest BCUT2D eigenvalue weighted by Crippen LogP contribution is 2.33. The van der Waals surface area contributed by atoms with Gasteiger partial charge in [0.25, 0.3) is 0 Å². The molecule has 2 aliphatic carbocycles. The van der Waals surface area contributed by atoms with Gasteiger partial charge in [0.1, 0.15) is 0 Å². The maximum atomic E-state index is 2.33. The molecule has 0 heterocycles. The van der Waals surface area contributed by atoms with Crippen molar-refractivity contribution in [3.8, 4) is 0 Å².